The van der Waals surface area contributed by atoms with E-state index >= 15 is 0 Å². The highest BCUT2D eigenvalue weighted by molar-refractivity contribution is 5.77. The number of nitrogens with zero attached hydrogens (tertiary/aromatic N) is 1. The highest BCUT2D eigenvalue weighted by Gasteiger charge is 2.35. The Labute approximate surface area is 211 Å². The van der Waals surface area contributed by atoms with Gasteiger partial charge in [-0.2, -0.15) is 0 Å². The van der Waals surface area contributed by atoms with E-state index in [1.165, 1.54) is 12.8 Å². The third kappa shape index (κ3) is 11.6. The Hall–Kier alpha value is -1.10. The van der Waals surface area contributed by atoms with Gasteiger partial charge in [0.15, 0.2) is 0 Å². The van der Waals surface area contributed by atoms with Crippen LogP contribution in [-0.2, 0) is 14.3 Å². The van der Waals surface area contributed by atoms with E-state index in [4.69, 9.17) is 4.74 Å². The minimum atomic E-state index is -0.127. The number of methoxy groups -OCH3 is 1. The third-order valence-corrected chi connectivity index (χ3v) is 7.32. The van der Waals surface area contributed by atoms with Gasteiger partial charge in [0.2, 0.25) is 11.8 Å². The highest BCUT2D eigenvalue weighted by atomic mass is 16.5. The molecule has 0 aliphatic carbocycles. The molecule has 1 rings (SSSR count). The second-order valence-electron chi connectivity index (χ2n) is 14.1. The number of ether oxygens (including phenoxy) is 1. The fraction of sp³-hybridized carbons (Fsp3) is 0.931. The lowest BCUT2D eigenvalue weighted by atomic mass is 9.71. The quantitative estimate of drug-likeness (QED) is 0.287. The first-order valence-corrected chi connectivity index (χ1v) is 13.6. The van der Waals surface area contributed by atoms with Gasteiger partial charge in [-0.15, -0.1) is 0 Å². The Morgan fingerprint density at radius 1 is 0.912 bits per heavy atom. The molecule has 1 aliphatic rings. The predicted molar refractivity (Wildman–Crippen MR) is 143 cm³/mol. The van der Waals surface area contributed by atoms with Crippen molar-refractivity contribution in [2.45, 2.75) is 126 Å². The maximum Gasteiger partial charge on any atom is 0.223 e. The maximum atomic E-state index is 13.0. The first-order chi connectivity index (χ1) is 15.5. The number of nitrogens with one attached hydrogen (secondary N) is 1. The van der Waals surface area contributed by atoms with E-state index in [1.54, 1.807) is 7.11 Å². The van der Waals surface area contributed by atoms with Crippen LogP contribution in [-0.4, -0.2) is 49.6 Å². The first-order valence-electron chi connectivity index (χ1n) is 13.6. The van der Waals surface area contributed by atoms with E-state index in [0.29, 0.717) is 31.4 Å². The average Bonchev–Trinajstić information content (AvgIpc) is 3.11. The molecule has 0 radical (unpaired) electrons. The second-order valence-corrected chi connectivity index (χ2v) is 14.1. The molecule has 1 atom stereocenters. The summed E-state index contributed by atoms with van der Waals surface area (Å²) in [4.78, 5) is 27.7. The van der Waals surface area contributed by atoms with Crippen molar-refractivity contribution in [2.75, 3.05) is 26.8 Å². The molecule has 1 saturated heterocycles. The minimum Gasteiger partial charge on any atom is -0.383 e. The number of rotatable bonds is 15. The van der Waals surface area contributed by atoms with Gasteiger partial charge < -0.3 is 15.0 Å². The van der Waals surface area contributed by atoms with E-state index in [1.807, 2.05) is 4.90 Å². The molecular formula is C29H56N2O3. The summed E-state index contributed by atoms with van der Waals surface area (Å²) in [6.07, 6.45) is 8.55. The van der Waals surface area contributed by atoms with E-state index < -0.39 is 0 Å². The molecule has 1 fully saturated rings. The summed E-state index contributed by atoms with van der Waals surface area (Å²) >= 11 is 0. The number of carbonyl (C=O) groups excluding carboxylic acids is 2. The largest absolute Gasteiger partial charge is 0.383 e. The number of hydrogen-bond acceptors (Lipinski definition) is 3. The van der Waals surface area contributed by atoms with Crippen LogP contribution in [0.15, 0.2) is 0 Å². The van der Waals surface area contributed by atoms with Crippen molar-refractivity contribution in [1.29, 1.82) is 0 Å². The van der Waals surface area contributed by atoms with Crippen molar-refractivity contribution >= 4 is 11.8 Å². The smallest absolute Gasteiger partial charge is 0.223 e. The van der Waals surface area contributed by atoms with Crippen molar-refractivity contribution in [3.8, 4) is 0 Å². The van der Waals surface area contributed by atoms with Crippen molar-refractivity contribution in [3.05, 3.63) is 0 Å². The summed E-state index contributed by atoms with van der Waals surface area (Å²) in [7, 11) is 1.70. The molecule has 1 N–H and O–H groups in total. The topological polar surface area (TPSA) is 58.6 Å². The zero-order chi connectivity index (χ0) is 26.2. The zero-order valence-corrected chi connectivity index (χ0v) is 24.2. The molecule has 1 heterocycles. The molecule has 0 aromatic heterocycles. The Morgan fingerprint density at radius 3 is 2.09 bits per heavy atom. The Morgan fingerprint density at radius 2 is 1.50 bits per heavy atom. The molecule has 0 bridgehead atoms. The van der Waals surface area contributed by atoms with Crippen LogP contribution in [0.25, 0.3) is 0 Å². The van der Waals surface area contributed by atoms with Gasteiger partial charge in [0.25, 0.3) is 0 Å². The fourth-order valence-electron chi connectivity index (χ4n) is 6.49. The number of carbonyl (C=O) groups is 2. The average molecular weight is 481 g/mol. The molecule has 5 heteroatoms. The SMILES string of the molecule is CCCC(C)(C)CC(C)(C)CCC(=O)NCC(C)(C)CC(C)(C)CC(=O)N1CCCC1COC. The Bertz CT molecular complexity index is 652. The van der Waals surface area contributed by atoms with E-state index in [2.05, 4.69) is 67.6 Å². The van der Waals surface area contributed by atoms with Crippen LogP contribution in [0.1, 0.15) is 120 Å². The van der Waals surface area contributed by atoms with Crippen molar-refractivity contribution in [2.24, 2.45) is 21.7 Å². The van der Waals surface area contributed by atoms with Crippen molar-refractivity contribution in [3.63, 3.8) is 0 Å². The molecule has 34 heavy (non-hydrogen) atoms. The first kappa shape index (κ1) is 30.9. The van der Waals surface area contributed by atoms with Crippen LogP contribution in [0.5, 0.6) is 0 Å². The minimum absolute atomic E-state index is 0.0744. The molecule has 0 spiro atoms. The summed E-state index contributed by atoms with van der Waals surface area (Å²) in [6, 6.07) is 0.220. The van der Waals surface area contributed by atoms with Crippen LogP contribution in [0, 0.1) is 21.7 Å². The van der Waals surface area contributed by atoms with Crippen LogP contribution in [0.3, 0.4) is 0 Å². The summed E-state index contributed by atoms with van der Waals surface area (Å²) in [5.74, 6) is 0.375. The van der Waals surface area contributed by atoms with Gasteiger partial charge in [-0.05, 0) is 60.2 Å². The van der Waals surface area contributed by atoms with Crippen LogP contribution in [0.2, 0.25) is 0 Å². The molecule has 1 unspecified atom stereocenters. The molecule has 2 amide bonds. The molecule has 5 nitrogen and oxygen atoms in total. The van der Waals surface area contributed by atoms with Gasteiger partial charge in [-0.1, -0.05) is 68.7 Å². The van der Waals surface area contributed by atoms with Gasteiger partial charge in [0.05, 0.1) is 12.6 Å². The van der Waals surface area contributed by atoms with Gasteiger partial charge in [-0.25, -0.2) is 0 Å². The molecule has 1 aliphatic heterocycles. The van der Waals surface area contributed by atoms with Gasteiger partial charge in [-0.3, -0.25) is 9.59 Å². The fourth-order valence-corrected chi connectivity index (χ4v) is 6.49. The van der Waals surface area contributed by atoms with Crippen molar-refractivity contribution < 1.29 is 14.3 Å². The van der Waals surface area contributed by atoms with Gasteiger partial charge in [0, 0.05) is 33.0 Å². The summed E-state index contributed by atoms with van der Waals surface area (Å²) in [6.45, 7) is 22.4. The lowest BCUT2D eigenvalue weighted by Gasteiger charge is -2.37. The molecule has 0 aromatic carbocycles. The second kappa shape index (κ2) is 12.7. The summed E-state index contributed by atoms with van der Waals surface area (Å²) in [5, 5.41) is 3.19. The predicted octanol–water partition coefficient (Wildman–Crippen LogP) is 6.60. The van der Waals surface area contributed by atoms with Crippen molar-refractivity contribution in [1.82, 2.24) is 10.2 Å². The third-order valence-electron chi connectivity index (χ3n) is 7.32. The van der Waals surface area contributed by atoms with Crippen LogP contribution >= 0.6 is 0 Å². The van der Waals surface area contributed by atoms with Gasteiger partial charge >= 0.3 is 0 Å². The number of likely N-dealkylation sites (tertiary alicyclic amines) is 1. The zero-order valence-electron chi connectivity index (χ0n) is 24.2. The lowest BCUT2D eigenvalue weighted by Crippen LogP contribution is -2.42. The van der Waals surface area contributed by atoms with Gasteiger partial charge in [0.1, 0.15) is 0 Å². The standard InChI is InChI=1S/C29H56N2O3/c1-11-15-26(2,3)20-27(4,5)16-14-24(32)30-22-29(8,9)21-28(6,7)18-25(33)31-17-12-13-23(31)19-34-10/h23H,11-22H2,1-10H3,(H,30,32). The number of amides is 2. The Kier molecular flexibility index (Phi) is 11.6. The van der Waals surface area contributed by atoms with E-state index in [0.717, 1.165) is 38.6 Å². The monoisotopic (exact) mass is 480 g/mol. The summed E-state index contributed by atoms with van der Waals surface area (Å²) in [5.41, 5.74) is 0.274. The summed E-state index contributed by atoms with van der Waals surface area (Å²) < 4.78 is 5.31. The molecule has 0 aromatic rings. The molecular weight excluding hydrogens is 424 g/mol. The highest BCUT2D eigenvalue weighted by Crippen LogP contribution is 2.40. The lowest BCUT2D eigenvalue weighted by molar-refractivity contribution is -0.135. The normalized spacial score (nSPS) is 17.8. The number of hydrogen-bond donors (Lipinski definition) is 1. The Balaban J connectivity index is 2.51. The van der Waals surface area contributed by atoms with Crippen LogP contribution < -0.4 is 5.32 Å². The maximum absolute atomic E-state index is 13.0. The van der Waals surface area contributed by atoms with Crippen LogP contribution in [0.4, 0.5) is 0 Å². The molecule has 0 saturated carbocycles. The van der Waals surface area contributed by atoms with E-state index in [9.17, 15) is 9.59 Å². The molecule has 200 valence electrons. The van der Waals surface area contributed by atoms with E-state index in [-0.39, 0.29) is 34.1 Å².